The number of hydrogen-bond acceptors (Lipinski definition) is 3. The number of amides is 1. The van der Waals surface area contributed by atoms with Crippen molar-refractivity contribution >= 4 is 23.3 Å². The molecule has 0 aliphatic rings. The highest BCUT2D eigenvalue weighted by Crippen LogP contribution is 2.15. The molecule has 0 bridgehead atoms. The van der Waals surface area contributed by atoms with Crippen LogP contribution in [0.2, 0.25) is 5.02 Å². The first-order chi connectivity index (χ1) is 10.1. The van der Waals surface area contributed by atoms with Crippen LogP contribution in [0, 0.1) is 6.92 Å². The maximum atomic E-state index is 11.7. The van der Waals surface area contributed by atoms with Crippen molar-refractivity contribution in [2.75, 3.05) is 11.9 Å². The van der Waals surface area contributed by atoms with Gasteiger partial charge in [0.25, 0.3) is 0 Å². The predicted molar refractivity (Wildman–Crippen MR) is 83.8 cm³/mol. The number of carbonyl (C=O) groups excluding carboxylic acids is 1. The molecule has 0 saturated heterocycles. The summed E-state index contributed by atoms with van der Waals surface area (Å²) in [6, 6.07) is 10.8. The molecular weight excluding hydrogens is 288 g/mol. The van der Waals surface area contributed by atoms with Gasteiger partial charge in [0.1, 0.15) is 11.6 Å². The number of carbonyl (C=O) groups is 1. The third kappa shape index (κ3) is 5.44. The van der Waals surface area contributed by atoms with E-state index in [1.165, 1.54) is 0 Å². The molecule has 0 unspecified atom stereocenters. The molecule has 2 aromatic rings. The Hall–Kier alpha value is -2.07. The van der Waals surface area contributed by atoms with E-state index in [9.17, 15) is 4.79 Å². The van der Waals surface area contributed by atoms with Crippen LogP contribution in [0.15, 0.2) is 42.6 Å². The van der Waals surface area contributed by atoms with Gasteiger partial charge in [-0.15, -0.1) is 0 Å². The standard InChI is InChI=1S/C16H17ClN2O2/c1-12-4-9-15(18-11-12)19-16(20)3-2-10-21-14-7-5-13(17)6-8-14/h4-9,11H,2-3,10H2,1H3,(H,18,19,20). The highest BCUT2D eigenvalue weighted by atomic mass is 35.5. The van der Waals surface area contributed by atoms with Crippen molar-refractivity contribution in [1.29, 1.82) is 0 Å². The molecule has 5 heteroatoms. The lowest BCUT2D eigenvalue weighted by molar-refractivity contribution is -0.116. The molecular formula is C16H17ClN2O2. The Labute approximate surface area is 129 Å². The first kappa shape index (κ1) is 15.3. The monoisotopic (exact) mass is 304 g/mol. The van der Waals surface area contributed by atoms with Crippen molar-refractivity contribution in [3.63, 3.8) is 0 Å². The molecule has 1 heterocycles. The normalized spacial score (nSPS) is 10.2. The minimum absolute atomic E-state index is 0.0638. The SMILES string of the molecule is Cc1ccc(NC(=O)CCCOc2ccc(Cl)cc2)nc1. The van der Waals surface area contributed by atoms with Crippen molar-refractivity contribution in [3.05, 3.63) is 53.2 Å². The maximum Gasteiger partial charge on any atom is 0.225 e. The molecule has 0 fully saturated rings. The number of rotatable bonds is 6. The van der Waals surface area contributed by atoms with Crippen molar-refractivity contribution in [1.82, 2.24) is 4.98 Å². The van der Waals surface area contributed by atoms with Crippen molar-refractivity contribution in [3.8, 4) is 5.75 Å². The number of anilines is 1. The number of ether oxygens (including phenoxy) is 1. The number of halogens is 1. The van der Waals surface area contributed by atoms with E-state index in [0.717, 1.165) is 11.3 Å². The van der Waals surface area contributed by atoms with E-state index in [-0.39, 0.29) is 5.91 Å². The summed E-state index contributed by atoms with van der Waals surface area (Å²) < 4.78 is 5.52. The van der Waals surface area contributed by atoms with E-state index >= 15 is 0 Å². The molecule has 110 valence electrons. The Morgan fingerprint density at radius 2 is 2.00 bits per heavy atom. The van der Waals surface area contributed by atoms with Gasteiger partial charge in [-0.3, -0.25) is 4.79 Å². The zero-order chi connectivity index (χ0) is 15.1. The molecule has 1 aromatic heterocycles. The van der Waals surface area contributed by atoms with Gasteiger partial charge in [-0.05, 0) is 49.2 Å². The van der Waals surface area contributed by atoms with Gasteiger partial charge in [0.2, 0.25) is 5.91 Å². The summed E-state index contributed by atoms with van der Waals surface area (Å²) in [5, 5.41) is 3.43. The van der Waals surface area contributed by atoms with E-state index in [4.69, 9.17) is 16.3 Å². The lowest BCUT2D eigenvalue weighted by atomic mass is 10.3. The Balaban J connectivity index is 1.67. The summed E-state index contributed by atoms with van der Waals surface area (Å²) in [6.45, 7) is 2.43. The highest BCUT2D eigenvalue weighted by molar-refractivity contribution is 6.30. The van der Waals surface area contributed by atoms with E-state index in [1.807, 2.05) is 13.0 Å². The van der Waals surface area contributed by atoms with Gasteiger partial charge < -0.3 is 10.1 Å². The molecule has 1 N–H and O–H groups in total. The summed E-state index contributed by atoms with van der Waals surface area (Å²) >= 11 is 5.79. The molecule has 4 nitrogen and oxygen atoms in total. The lowest BCUT2D eigenvalue weighted by Crippen LogP contribution is -2.13. The fourth-order valence-corrected chi connectivity index (χ4v) is 1.83. The number of aryl methyl sites for hydroxylation is 1. The molecule has 0 radical (unpaired) electrons. The molecule has 21 heavy (non-hydrogen) atoms. The Kier molecular flexibility index (Phi) is 5.58. The summed E-state index contributed by atoms with van der Waals surface area (Å²) in [5.74, 6) is 1.26. The topological polar surface area (TPSA) is 51.2 Å². The fraction of sp³-hybridized carbons (Fsp3) is 0.250. The molecule has 1 amide bonds. The average Bonchev–Trinajstić information content (AvgIpc) is 2.48. The van der Waals surface area contributed by atoms with Crippen LogP contribution in [-0.2, 0) is 4.79 Å². The minimum Gasteiger partial charge on any atom is -0.494 e. The first-order valence-corrected chi connectivity index (χ1v) is 7.12. The smallest absolute Gasteiger partial charge is 0.225 e. The number of hydrogen-bond donors (Lipinski definition) is 1. The van der Waals surface area contributed by atoms with Crippen LogP contribution in [0.5, 0.6) is 5.75 Å². The number of pyridine rings is 1. The average molecular weight is 305 g/mol. The maximum absolute atomic E-state index is 11.7. The second-order valence-electron chi connectivity index (χ2n) is 4.67. The largest absolute Gasteiger partial charge is 0.494 e. The number of nitrogens with zero attached hydrogens (tertiary/aromatic N) is 1. The molecule has 1 aromatic carbocycles. The van der Waals surface area contributed by atoms with Gasteiger partial charge in [0.15, 0.2) is 0 Å². The van der Waals surface area contributed by atoms with E-state index in [0.29, 0.717) is 30.3 Å². The second kappa shape index (κ2) is 7.64. The van der Waals surface area contributed by atoms with E-state index in [2.05, 4.69) is 10.3 Å². The summed E-state index contributed by atoms with van der Waals surface area (Å²) in [7, 11) is 0. The quantitative estimate of drug-likeness (QED) is 0.825. The van der Waals surface area contributed by atoms with Gasteiger partial charge in [-0.25, -0.2) is 4.98 Å². The Bertz CT molecular complexity index is 582. The molecule has 0 aliphatic carbocycles. The fourth-order valence-electron chi connectivity index (χ4n) is 1.70. The van der Waals surface area contributed by atoms with Crippen LogP contribution in [0.1, 0.15) is 18.4 Å². The molecule has 2 rings (SSSR count). The van der Waals surface area contributed by atoms with Crippen LogP contribution in [0.25, 0.3) is 0 Å². The van der Waals surface area contributed by atoms with Crippen LogP contribution < -0.4 is 10.1 Å². The predicted octanol–water partition coefficient (Wildman–Crippen LogP) is 3.84. The zero-order valence-electron chi connectivity index (χ0n) is 11.8. The minimum atomic E-state index is -0.0638. The highest BCUT2D eigenvalue weighted by Gasteiger charge is 2.03. The molecule has 0 atom stereocenters. The van der Waals surface area contributed by atoms with Crippen molar-refractivity contribution < 1.29 is 9.53 Å². The third-order valence-corrected chi connectivity index (χ3v) is 3.06. The number of benzene rings is 1. The Morgan fingerprint density at radius 3 is 2.67 bits per heavy atom. The van der Waals surface area contributed by atoms with E-state index < -0.39 is 0 Å². The van der Waals surface area contributed by atoms with E-state index in [1.54, 1.807) is 36.5 Å². The summed E-state index contributed by atoms with van der Waals surface area (Å²) in [4.78, 5) is 15.9. The molecule has 0 spiro atoms. The third-order valence-electron chi connectivity index (χ3n) is 2.81. The number of aromatic nitrogens is 1. The molecule has 0 saturated carbocycles. The number of nitrogens with one attached hydrogen (secondary N) is 1. The van der Waals surface area contributed by atoms with Crippen molar-refractivity contribution in [2.45, 2.75) is 19.8 Å². The summed E-state index contributed by atoms with van der Waals surface area (Å²) in [5.41, 5.74) is 1.06. The van der Waals surface area contributed by atoms with Crippen molar-refractivity contribution in [2.24, 2.45) is 0 Å². The summed E-state index contributed by atoms with van der Waals surface area (Å²) in [6.07, 6.45) is 2.75. The van der Waals surface area contributed by atoms with Gasteiger partial charge in [-0.2, -0.15) is 0 Å². The first-order valence-electron chi connectivity index (χ1n) is 6.74. The van der Waals surface area contributed by atoms with Gasteiger partial charge in [0, 0.05) is 17.6 Å². The van der Waals surface area contributed by atoms with Gasteiger partial charge in [-0.1, -0.05) is 17.7 Å². The lowest BCUT2D eigenvalue weighted by Gasteiger charge is -2.07. The molecule has 0 aliphatic heterocycles. The second-order valence-corrected chi connectivity index (χ2v) is 5.11. The van der Waals surface area contributed by atoms with Crippen LogP contribution in [0.3, 0.4) is 0 Å². The van der Waals surface area contributed by atoms with Crippen LogP contribution in [-0.4, -0.2) is 17.5 Å². The Morgan fingerprint density at radius 1 is 1.24 bits per heavy atom. The van der Waals surface area contributed by atoms with Crippen LogP contribution in [0.4, 0.5) is 5.82 Å². The van der Waals surface area contributed by atoms with Crippen LogP contribution >= 0.6 is 11.6 Å². The zero-order valence-corrected chi connectivity index (χ0v) is 12.6. The van der Waals surface area contributed by atoms with Gasteiger partial charge >= 0.3 is 0 Å². The van der Waals surface area contributed by atoms with Gasteiger partial charge in [0.05, 0.1) is 6.61 Å².